The molecular formula is C37H63NO18. The van der Waals surface area contributed by atoms with Crippen LogP contribution in [-0.2, 0) is 33.2 Å². The maximum Gasteiger partial charge on any atom is 0.220 e. The van der Waals surface area contributed by atoms with Crippen molar-refractivity contribution in [2.24, 2.45) is 0 Å². The highest BCUT2D eigenvalue weighted by Gasteiger charge is 2.53. The van der Waals surface area contributed by atoms with Gasteiger partial charge in [0.15, 0.2) is 18.9 Å². The number of nitrogens with one attached hydrogen (secondary N) is 1. The fraction of sp³-hybridized carbons (Fsp3) is 0.811. The van der Waals surface area contributed by atoms with Crippen LogP contribution in [0, 0.1) is 0 Å². The van der Waals surface area contributed by atoms with Gasteiger partial charge in [0, 0.05) is 6.42 Å². The second-order valence-corrected chi connectivity index (χ2v) is 14.0. The lowest BCUT2D eigenvalue weighted by atomic mass is 9.96. The molecule has 3 rings (SSSR count). The molecule has 0 aromatic carbocycles. The molecule has 0 bridgehead atoms. The molecule has 3 fully saturated rings. The highest BCUT2D eigenvalue weighted by atomic mass is 16.8. The average molecular weight is 810 g/mol. The predicted octanol–water partition coefficient (Wildman–Crippen LogP) is -3.26. The Morgan fingerprint density at radius 3 is 1.55 bits per heavy atom. The van der Waals surface area contributed by atoms with Crippen LogP contribution in [0.25, 0.3) is 0 Å². The van der Waals surface area contributed by atoms with Gasteiger partial charge in [-0.2, -0.15) is 0 Å². The first kappa shape index (κ1) is 48.4. The van der Waals surface area contributed by atoms with Crippen LogP contribution in [0.2, 0.25) is 0 Å². The number of aliphatic hydroxyl groups excluding tert-OH is 11. The van der Waals surface area contributed by atoms with Crippen molar-refractivity contribution < 1.29 is 89.4 Å². The quantitative estimate of drug-likeness (QED) is 0.0377. The Bertz CT molecular complexity index is 1200. The first-order chi connectivity index (χ1) is 26.8. The van der Waals surface area contributed by atoms with Crippen LogP contribution >= 0.6 is 0 Å². The predicted molar refractivity (Wildman–Crippen MR) is 194 cm³/mol. The minimum absolute atomic E-state index is 0.111. The van der Waals surface area contributed by atoms with Crippen molar-refractivity contribution in [2.45, 2.75) is 163 Å². The highest BCUT2D eigenvalue weighted by molar-refractivity contribution is 5.75. The number of aliphatic hydroxyl groups is 11. The topological polar surface area (TPSA) is 307 Å². The Morgan fingerprint density at radius 2 is 1.05 bits per heavy atom. The number of carbonyl (C=O) groups is 1. The van der Waals surface area contributed by atoms with Crippen LogP contribution in [0.15, 0.2) is 36.5 Å². The average Bonchev–Trinajstić information content (AvgIpc) is 3.20. The molecule has 3 heterocycles. The summed E-state index contributed by atoms with van der Waals surface area (Å²) in [5.74, 6) is -0.385. The molecule has 0 saturated carbocycles. The van der Waals surface area contributed by atoms with E-state index in [-0.39, 0.29) is 18.9 Å². The third-order valence-electron chi connectivity index (χ3n) is 9.71. The molecule has 3 aliphatic heterocycles. The molecule has 0 spiro atoms. The Morgan fingerprint density at radius 1 is 0.607 bits per heavy atom. The minimum Gasteiger partial charge on any atom is -0.394 e. The van der Waals surface area contributed by atoms with Gasteiger partial charge < -0.3 is 89.9 Å². The highest BCUT2D eigenvalue weighted by Crippen LogP contribution is 2.32. The second kappa shape index (κ2) is 24.8. The third kappa shape index (κ3) is 13.5. The standard InChI is InChI=1S/C37H63NO18/c1-3-5-6-7-8-9-10-11-12-13-14-15-21(42)20(38-25(43)4-2)19-51-35-31(49)28(46)33(23(17-40)53-35)56-37-32(50)29(47)34(24(18-41)54-37)55-36-30(48)27(45)26(44)22(16-39)52-36/h6-7,10-11,14-15,20-24,26-37,39-42,44-50H,3-5,8-9,12-13,16-19H2,1-2H3,(H,38,43)/b7-6+,11-10+,15-14+. The van der Waals surface area contributed by atoms with E-state index in [0.29, 0.717) is 6.42 Å². The molecule has 17 atom stereocenters. The normalized spacial score (nSPS) is 38.1. The zero-order chi connectivity index (χ0) is 41.4. The van der Waals surface area contributed by atoms with Crippen LogP contribution in [0.5, 0.6) is 0 Å². The molecule has 3 saturated heterocycles. The summed E-state index contributed by atoms with van der Waals surface area (Å²) in [7, 11) is 0. The van der Waals surface area contributed by atoms with Gasteiger partial charge in [0.2, 0.25) is 5.91 Å². The Balaban J connectivity index is 1.59. The van der Waals surface area contributed by atoms with E-state index in [1.54, 1.807) is 13.0 Å². The zero-order valence-corrected chi connectivity index (χ0v) is 31.8. The molecule has 1 amide bonds. The molecule has 12 N–H and O–H groups in total. The van der Waals surface area contributed by atoms with Crippen LogP contribution in [0.1, 0.15) is 58.8 Å². The fourth-order valence-corrected chi connectivity index (χ4v) is 6.31. The number of hydrogen-bond acceptors (Lipinski definition) is 18. The number of unbranched alkanes of at least 4 members (excludes halogenated alkanes) is 3. The van der Waals surface area contributed by atoms with Gasteiger partial charge in [-0.05, 0) is 32.1 Å². The van der Waals surface area contributed by atoms with E-state index < -0.39 is 124 Å². The van der Waals surface area contributed by atoms with E-state index in [4.69, 9.17) is 28.4 Å². The van der Waals surface area contributed by atoms with Crippen molar-refractivity contribution >= 4 is 5.91 Å². The van der Waals surface area contributed by atoms with Gasteiger partial charge in [-0.15, -0.1) is 0 Å². The van der Waals surface area contributed by atoms with E-state index in [9.17, 15) is 61.0 Å². The molecule has 56 heavy (non-hydrogen) atoms. The third-order valence-corrected chi connectivity index (χ3v) is 9.71. The molecule has 324 valence electrons. The maximum atomic E-state index is 12.3. The Labute approximate surface area is 326 Å². The molecule has 17 unspecified atom stereocenters. The number of ether oxygens (including phenoxy) is 6. The molecule has 0 aliphatic carbocycles. The van der Waals surface area contributed by atoms with Crippen molar-refractivity contribution in [3.8, 4) is 0 Å². The monoisotopic (exact) mass is 809 g/mol. The summed E-state index contributed by atoms with van der Waals surface area (Å²) in [6, 6.07) is -0.987. The molecule has 19 heteroatoms. The first-order valence-electron chi connectivity index (χ1n) is 19.2. The zero-order valence-electron chi connectivity index (χ0n) is 31.8. The smallest absolute Gasteiger partial charge is 0.220 e. The lowest BCUT2D eigenvalue weighted by molar-refractivity contribution is -0.379. The van der Waals surface area contributed by atoms with Crippen LogP contribution < -0.4 is 5.32 Å². The van der Waals surface area contributed by atoms with Crippen LogP contribution in [-0.4, -0.2) is 193 Å². The molecule has 0 aromatic rings. The lowest BCUT2D eigenvalue weighted by Crippen LogP contribution is -2.66. The van der Waals surface area contributed by atoms with E-state index >= 15 is 0 Å². The van der Waals surface area contributed by atoms with E-state index in [1.165, 1.54) is 6.08 Å². The molecule has 3 aliphatic rings. The first-order valence-corrected chi connectivity index (χ1v) is 19.2. The van der Waals surface area contributed by atoms with E-state index in [1.807, 2.05) is 0 Å². The Hall–Kier alpha value is -1.99. The summed E-state index contributed by atoms with van der Waals surface area (Å²) in [5, 5.41) is 118. The van der Waals surface area contributed by atoms with Gasteiger partial charge in [-0.1, -0.05) is 56.7 Å². The van der Waals surface area contributed by atoms with E-state index in [0.717, 1.165) is 32.1 Å². The molecule has 19 nitrogen and oxygen atoms in total. The summed E-state index contributed by atoms with van der Waals surface area (Å²) in [6.45, 7) is 0.938. The van der Waals surface area contributed by atoms with Crippen molar-refractivity contribution in [2.75, 3.05) is 26.4 Å². The summed E-state index contributed by atoms with van der Waals surface area (Å²) in [4.78, 5) is 12.3. The molecular weight excluding hydrogens is 746 g/mol. The molecule has 0 radical (unpaired) electrons. The minimum atomic E-state index is -1.98. The van der Waals surface area contributed by atoms with Gasteiger partial charge in [0.05, 0.1) is 38.6 Å². The van der Waals surface area contributed by atoms with Crippen LogP contribution in [0.3, 0.4) is 0 Å². The van der Waals surface area contributed by atoms with Gasteiger partial charge in [-0.25, -0.2) is 0 Å². The number of amides is 1. The number of hydrogen-bond donors (Lipinski definition) is 12. The summed E-state index contributed by atoms with van der Waals surface area (Å²) >= 11 is 0. The van der Waals surface area contributed by atoms with Crippen molar-refractivity contribution in [3.63, 3.8) is 0 Å². The molecule has 0 aromatic heterocycles. The van der Waals surface area contributed by atoms with Gasteiger partial charge >= 0.3 is 0 Å². The summed E-state index contributed by atoms with van der Waals surface area (Å²) < 4.78 is 33.5. The lowest BCUT2D eigenvalue weighted by Gasteiger charge is -2.48. The summed E-state index contributed by atoms with van der Waals surface area (Å²) in [5.41, 5.74) is 0. The van der Waals surface area contributed by atoms with Gasteiger partial charge in [0.25, 0.3) is 0 Å². The maximum absolute atomic E-state index is 12.3. The fourth-order valence-electron chi connectivity index (χ4n) is 6.31. The number of carbonyl (C=O) groups excluding carboxylic acids is 1. The van der Waals surface area contributed by atoms with Gasteiger partial charge in [-0.3, -0.25) is 4.79 Å². The number of allylic oxidation sites excluding steroid dienone is 5. The summed E-state index contributed by atoms with van der Waals surface area (Å²) in [6.07, 6.45) is -9.51. The number of rotatable bonds is 22. The van der Waals surface area contributed by atoms with Crippen molar-refractivity contribution in [1.29, 1.82) is 0 Å². The van der Waals surface area contributed by atoms with Crippen LogP contribution in [0.4, 0.5) is 0 Å². The Kier molecular flexibility index (Phi) is 21.4. The van der Waals surface area contributed by atoms with Crippen molar-refractivity contribution in [1.82, 2.24) is 5.32 Å². The van der Waals surface area contributed by atoms with Crippen molar-refractivity contribution in [3.05, 3.63) is 36.5 Å². The van der Waals surface area contributed by atoms with Gasteiger partial charge in [0.1, 0.15) is 73.2 Å². The largest absolute Gasteiger partial charge is 0.394 e. The van der Waals surface area contributed by atoms with E-state index in [2.05, 4.69) is 36.5 Å². The SMILES string of the molecule is CCC/C=C/CC/C=C/CC/C=C/C(O)C(COC1OC(CO)C(OC2OC(CO)C(OC3OC(CO)C(O)C(O)C3O)C(O)C2O)C(O)C1O)NC(=O)CC. The second-order valence-electron chi connectivity index (χ2n) is 14.0.